The van der Waals surface area contributed by atoms with Gasteiger partial charge in [-0.25, -0.2) is 9.59 Å². The number of alkyl carbamates (subject to hydrolysis) is 2. The lowest BCUT2D eigenvalue weighted by Gasteiger charge is -2.18. The third-order valence-corrected chi connectivity index (χ3v) is 10.2. The van der Waals surface area contributed by atoms with E-state index in [4.69, 9.17) is 39.4 Å². The van der Waals surface area contributed by atoms with E-state index in [0.29, 0.717) is 23.1 Å². The SMILES string of the molecule is CC(C)[C@H](CC(=O)c1ccc[n+](COC(=O)N[C@@H](C)Cc2ccccc2)c1)C(N)=O.CC(C)[C@H](NC(=O)c1cccnc1)C(N)=O.CN.C[C@@H](Cc1ccccc1)NC(=O)OCCl.Cl.Cl.Cl.O=C(Cl)c1cccnc1. The van der Waals surface area contributed by atoms with Gasteiger partial charge in [0, 0.05) is 55.3 Å². The lowest BCUT2D eigenvalue weighted by Crippen LogP contribution is -2.47. The average Bonchev–Trinajstić information content (AvgIpc) is 3.36. The van der Waals surface area contributed by atoms with Gasteiger partial charge in [0.05, 0.1) is 16.7 Å². The standard InChI is InChI=1S/C23H29N3O4.C11H14ClNO2.C11H15N3O2.C6H4ClNO.CH5N.3ClH/c1-16(2)20(22(24)28)13-21(27)19-10-7-11-26(14-19)15-30-23(29)25-17(3)12-18-8-5-4-6-9-18;1-9(13-11(14)15-8-12)7-10-5-3-2-4-6-10;1-7(2)9(10(12)15)14-11(16)8-4-3-5-13-6-8;7-6(9)5-2-1-3-8-4-5;1-2;;;/h4-11,14,16-17,20H,12-13,15H2,1-3H3,(H2-,24,25,28,29);2-6,9H,7-8H2,1H3,(H,13,14);3-7,9H,1-2H3,(H2,12,15)(H,14,16);1-4H;2H2,1H3;3*1H/p+1/t17-,20-;2*9-;;;;;/m000...../s1. The molecule has 0 saturated carbocycles. The minimum Gasteiger partial charge on any atom is -0.433 e. The molecule has 23 heteroatoms. The Balaban J connectivity index is -0.000000979. The predicted molar refractivity (Wildman–Crippen MR) is 298 cm³/mol. The number of ketones is 1. The van der Waals surface area contributed by atoms with Crippen molar-refractivity contribution >= 4 is 101 Å². The second-order valence-electron chi connectivity index (χ2n) is 16.4. The van der Waals surface area contributed by atoms with Gasteiger partial charge in [-0.2, -0.15) is 4.57 Å². The molecular formula is C52H71Cl5N9O9+. The third-order valence-electron chi connectivity index (χ3n) is 9.86. The van der Waals surface area contributed by atoms with Crippen LogP contribution in [0.5, 0.6) is 0 Å². The first-order valence-corrected chi connectivity index (χ1v) is 23.7. The van der Waals surface area contributed by atoms with Crippen molar-refractivity contribution in [3.63, 3.8) is 0 Å². The fourth-order valence-electron chi connectivity index (χ4n) is 6.22. The largest absolute Gasteiger partial charge is 0.433 e. The molecule has 3 aromatic heterocycles. The van der Waals surface area contributed by atoms with Gasteiger partial charge in [0.15, 0.2) is 24.2 Å². The summed E-state index contributed by atoms with van der Waals surface area (Å²) in [6.07, 6.45) is 9.84. The van der Waals surface area contributed by atoms with Crippen LogP contribution in [0.25, 0.3) is 0 Å². The van der Waals surface area contributed by atoms with Gasteiger partial charge in [-0.05, 0) is 98.6 Å². The smallest absolute Gasteiger partial charge is 0.412 e. The van der Waals surface area contributed by atoms with Gasteiger partial charge >= 0.3 is 12.2 Å². The number of carbonyl (C=O) groups excluding carboxylic acids is 7. The number of benzene rings is 2. The van der Waals surface area contributed by atoms with E-state index in [2.05, 4.69) is 36.4 Å². The molecule has 5 rings (SSSR count). The second-order valence-corrected chi connectivity index (χ2v) is 17.0. The van der Waals surface area contributed by atoms with E-state index in [-0.39, 0.29) is 92.0 Å². The molecule has 0 aliphatic carbocycles. The highest BCUT2D eigenvalue weighted by molar-refractivity contribution is 6.67. The number of carbonyl (C=O) groups is 7. The van der Waals surface area contributed by atoms with Gasteiger partial charge in [-0.1, -0.05) is 100.0 Å². The quantitative estimate of drug-likeness (QED) is 0.0200. The van der Waals surface area contributed by atoms with Crippen LogP contribution in [-0.4, -0.2) is 82.1 Å². The maximum Gasteiger partial charge on any atom is 0.412 e. The van der Waals surface area contributed by atoms with Crippen molar-refractivity contribution in [1.82, 2.24) is 25.9 Å². The Kier molecular flexibility index (Phi) is 40.7. The maximum absolute atomic E-state index is 12.5. The van der Waals surface area contributed by atoms with Crippen molar-refractivity contribution in [2.75, 3.05) is 13.1 Å². The molecule has 2 aromatic carbocycles. The average molecular weight is 1140 g/mol. The van der Waals surface area contributed by atoms with Gasteiger partial charge in [0.25, 0.3) is 17.9 Å². The molecule has 5 aromatic rings. The summed E-state index contributed by atoms with van der Waals surface area (Å²) in [5, 5.41) is 7.59. The first kappa shape index (κ1) is 72.8. The molecule has 0 fully saturated rings. The molecule has 4 atom stereocenters. The summed E-state index contributed by atoms with van der Waals surface area (Å²) >= 11 is 10.4. The van der Waals surface area contributed by atoms with Crippen LogP contribution in [0.3, 0.4) is 0 Å². The number of primary amides is 2. The summed E-state index contributed by atoms with van der Waals surface area (Å²) in [7, 11) is 1.50. The number of alkyl halides is 1. The molecule has 3 heterocycles. The molecule has 9 N–H and O–H groups in total. The number of nitrogens with two attached hydrogens (primary N) is 3. The first-order chi connectivity index (χ1) is 34.3. The van der Waals surface area contributed by atoms with Crippen LogP contribution < -0.4 is 37.7 Å². The van der Waals surface area contributed by atoms with Crippen LogP contribution in [0.2, 0.25) is 0 Å². The second kappa shape index (κ2) is 41.9. The monoisotopic (exact) mass is 1140 g/mol. The number of aromatic nitrogens is 3. The van der Waals surface area contributed by atoms with Crippen molar-refractivity contribution in [2.45, 2.75) is 85.7 Å². The van der Waals surface area contributed by atoms with Crippen molar-refractivity contribution in [2.24, 2.45) is 35.0 Å². The van der Waals surface area contributed by atoms with Crippen molar-refractivity contribution in [3.05, 3.63) is 162 Å². The minimum absolute atomic E-state index is 0. The molecule has 0 aliphatic heterocycles. The highest BCUT2D eigenvalue weighted by Gasteiger charge is 2.25. The fourth-order valence-corrected chi connectivity index (χ4v) is 6.43. The van der Waals surface area contributed by atoms with Crippen LogP contribution in [0, 0.1) is 17.8 Å². The Labute approximate surface area is 468 Å². The Morgan fingerprint density at radius 1 is 0.600 bits per heavy atom. The highest BCUT2D eigenvalue weighted by Crippen LogP contribution is 2.17. The molecule has 0 saturated heterocycles. The highest BCUT2D eigenvalue weighted by atomic mass is 35.5. The number of Topliss-reactive ketones (excluding diaryl/α,β-unsaturated/α-hetero) is 1. The zero-order valence-corrected chi connectivity index (χ0v) is 46.9. The molecule has 75 heavy (non-hydrogen) atoms. The van der Waals surface area contributed by atoms with Gasteiger partial charge in [0.2, 0.25) is 11.8 Å². The van der Waals surface area contributed by atoms with E-state index in [1.807, 2.05) is 102 Å². The van der Waals surface area contributed by atoms with Crippen molar-refractivity contribution in [1.29, 1.82) is 0 Å². The summed E-state index contributed by atoms with van der Waals surface area (Å²) in [5.74, 6) is -2.11. The number of nitrogens with one attached hydrogen (secondary N) is 3. The van der Waals surface area contributed by atoms with Gasteiger partial charge in [0.1, 0.15) is 6.04 Å². The molecule has 0 spiro atoms. The molecular weight excluding hydrogens is 1070 g/mol. The summed E-state index contributed by atoms with van der Waals surface area (Å²) in [4.78, 5) is 87.9. The number of hydrogen-bond acceptors (Lipinski definition) is 12. The van der Waals surface area contributed by atoms with Crippen LogP contribution in [0.1, 0.15) is 90.2 Å². The third kappa shape index (κ3) is 31.8. The summed E-state index contributed by atoms with van der Waals surface area (Å²) in [6.45, 7) is 11.2. The van der Waals surface area contributed by atoms with Gasteiger partial charge in [-0.15, -0.1) is 37.2 Å². The Bertz CT molecular complexity index is 2400. The fraction of sp³-hybridized carbons (Fsp3) is 0.346. The van der Waals surface area contributed by atoms with E-state index < -0.39 is 41.2 Å². The number of ether oxygens (including phenoxy) is 2. The van der Waals surface area contributed by atoms with Crippen LogP contribution >= 0.6 is 60.4 Å². The topological polar surface area (TPSA) is 282 Å². The van der Waals surface area contributed by atoms with Crippen LogP contribution in [0.4, 0.5) is 9.59 Å². The molecule has 5 amide bonds. The Morgan fingerprint density at radius 3 is 1.45 bits per heavy atom. The van der Waals surface area contributed by atoms with E-state index >= 15 is 0 Å². The van der Waals surface area contributed by atoms with E-state index in [1.54, 1.807) is 65.8 Å². The predicted octanol–water partition coefficient (Wildman–Crippen LogP) is 7.78. The van der Waals surface area contributed by atoms with Crippen molar-refractivity contribution in [3.8, 4) is 0 Å². The first-order valence-electron chi connectivity index (χ1n) is 22.8. The van der Waals surface area contributed by atoms with E-state index in [0.717, 1.165) is 12.0 Å². The zero-order valence-electron chi connectivity index (χ0n) is 42.9. The normalized spacial score (nSPS) is 11.3. The lowest BCUT2D eigenvalue weighted by molar-refractivity contribution is -0.727. The number of pyridine rings is 3. The molecule has 0 bridgehead atoms. The summed E-state index contributed by atoms with van der Waals surface area (Å²) in [5.41, 5.74) is 18.7. The summed E-state index contributed by atoms with van der Waals surface area (Å²) in [6, 6.07) is 28.9. The Morgan fingerprint density at radius 2 is 1.07 bits per heavy atom. The number of rotatable bonds is 19. The summed E-state index contributed by atoms with van der Waals surface area (Å²) < 4.78 is 11.4. The van der Waals surface area contributed by atoms with Crippen LogP contribution in [0.15, 0.2) is 134 Å². The lowest BCUT2D eigenvalue weighted by atomic mass is 9.89. The molecule has 0 aliphatic rings. The van der Waals surface area contributed by atoms with E-state index in [1.165, 1.54) is 25.0 Å². The molecule has 412 valence electrons. The number of amides is 5. The minimum atomic E-state index is -0.660. The molecule has 18 nitrogen and oxygen atoms in total. The number of halogens is 5. The van der Waals surface area contributed by atoms with Crippen LogP contribution in [-0.2, 0) is 38.6 Å². The number of nitrogens with zero attached hydrogens (tertiary/aromatic N) is 3. The molecule has 0 radical (unpaired) electrons. The van der Waals surface area contributed by atoms with Crippen molar-refractivity contribution < 1.29 is 47.6 Å². The zero-order chi connectivity index (χ0) is 54.0. The molecule has 0 unspecified atom stereocenters. The van der Waals surface area contributed by atoms with Gasteiger partial charge in [-0.3, -0.25) is 33.9 Å². The number of hydrogen-bond donors (Lipinski definition) is 6. The van der Waals surface area contributed by atoms with Gasteiger partial charge < -0.3 is 42.6 Å². The maximum atomic E-state index is 12.5. The Hall–Kier alpha value is -6.41. The van der Waals surface area contributed by atoms with E-state index in [9.17, 15) is 33.6 Å².